The molecule has 0 amide bonds. The predicted octanol–water partition coefficient (Wildman–Crippen LogP) is 2.90. The first-order valence-electron chi connectivity index (χ1n) is 4.54. The highest BCUT2D eigenvalue weighted by Gasteiger charge is 1.96. The van der Waals surface area contributed by atoms with Crippen molar-refractivity contribution in [1.82, 2.24) is 4.98 Å². The first kappa shape index (κ1) is 9.78. The van der Waals surface area contributed by atoms with E-state index in [1.807, 2.05) is 12.1 Å². The molecule has 0 fully saturated rings. The Labute approximate surface area is 79.3 Å². The van der Waals surface area contributed by atoms with Gasteiger partial charge in [-0.2, -0.15) is 0 Å². The van der Waals surface area contributed by atoms with Crippen LogP contribution in [0.2, 0.25) is 0 Å². The van der Waals surface area contributed by atoms with Gasteiger partial charge in [-0.15, -0.1) is 0 Å². The van der Waals surface area contributed by atoms with Gasteiger partial charge >= 0.3 is 0 Å². The molecule has 2 heteroatoms. The third-order valence-electron chi connectivity index (χ3n) is 1.75. The van der Waals surface area contributed by atoms with Crippen LogP contribution in [0.4, 0.5) is 0 Å². The minimum atomic E-state index is 0.690. The van der Waals surface area contributed by atoms with Crippen LogP contribution in [0.3, 0.4) is 0 Å². The largest absolute Gasteiger partial charge is 0.481 e. The van der Waals surface area contributed by atoms with E-state index in [0.717, 1.165) is 12.0 Å². The van der Waals surface area contributed by atoms with E-state index in [-0.39, 0.29) is 0 Å². The topological polar surface area (TPSA) is 22.1 Å². The summed E-state index contributed by atoms with van der Waals surface area (Å²) in [7, 11) is 1.64. The molecule has 0 aromatic carbocycles. The summed E-state index contributed by atoms with van der Waals surface area (Å²) in [6.45, 7) is 2.16. The van der Waals surface area contributed by atoms with E-state index >= 15 is 0 Å². The SMILES string of the molecule is CCC/C=C/c1cccnc1OC. The lowest BCUT2D eigenvalue weighted by Gasteiger charge is -2.01. The summed E-state index contributed by atoms with van der Waals surface area (Å²) in [4.78, 5) is 4.10. The molecule has 1 heterocycles. The van der Waals surface area contributed by atoms with E-state index in [2.05, 4.69) is 24.1 Å². The van der Waals surface area contributed by atoms with Crippen molar-refractivity contribution in [2.45, 2.75) is 19.8 Å². The maximum absolute atomic E-state index is 5.11. The van der Waals surface area contributed by atoms with Gasteiger partial charge in [-0.1, -0.05) is 25.5 Å². The Bertz CT molecular complexity index is 281. The van der Waals surface area contributed by atoms with Crippen molar-refractivity contribution >= 4 is 6.08 Å². The fourth-order valence-corrected chi connectivity index (χ4v) is 1.08. The maximum Gasteiger partial charge on any atom is 0.220 e. The van der Waals surface area contributed by atoms with Gasteiger partial charge in [0.05, 0.1) is 7.11 Å². The highest BCUT2D eigenvalue weighted by atomic mass is 16.5. The van der Waals surface area contributed by atoms with Crippen LogP contribution in [0, 0.1) is 0 Å². The third-order valence-corrected chi connectivity index (χ3v) is 1.75. The first-order valence-corrected chi connectivity index (χ1v) is 4.54. The van der Waals surface area contributed by atoms with Gasteiger partial charge in [-0.05, 0) is 18.6 Å². The number of unbranched alkanes of at least 4 members (excludes halogenated alkanes) is 1. The molecule has 0 aliphatic carbocycles. The minimum Gasteiger partial charge on any atom is -0.481 e. The molecule has 0 saturated heterocycles. The molecule has 1 aromatic rings. The van der Waals surface area contributed by atoms with Crippen molar-refractivity contribution < 1.29 is 4.74 Å². The van der Waals surface area contributed by atoms with Crippen LogP contribution in [0.1, 0.15) is 25.3 Å². The molecule has 1 rings (SSSR count). The van der Waals surface area contributed by atoms with Crippen molar-refractivity contribution in [2.24, 2.45) is 0 Å². The van der Waals surface area contributed by atoms with Gasteiger partial charge in [-0.25, -0.2) is 4.98 Å². The van der Waals surface area contributed by atoms with Gasteiger partial charge in [0, 0.05) is 11.8 Å². The molecule has 0 aliphatic heterocycles. The second-order valence-electron chi connectivity index (χ2n) is 2.79. The standard InChI is InChI=1S/C11H15NO/c1-3-4-5-7-10-8-6-9-12-11(10)13-2/h5-9H,3-4H2,1-2H3/b7-5+. The quantitative estimate of drug-likeness (QED) is 0.705. The number of hydrogen-bond acceptors (Lipinski definition) is 2. The van der Waals surface area contributed by atoms with Gasteiger partial charge in [0.25, 0.3) is 0 Å². The monoisotopic (exact) mass is 177 g/mol. The second-order valence-corrected chi connectivity index (χ2v) is 2.79. The van der Waals surface area contributed by atoms with Gasteiger partial charge in [-0.3, -0.25) is 0 Å². The Hall–Kier alpha value is -1.31. The summed E-state index contributed by atoms with van der Waals surface area (Å²) in [6.07, 6.45) is 8.18. The fraction of sp³-hybridized carbons (Fsp3) is 0.364. The Kier molecular flexibility index (Phi) is 4.03. The first-order chi connectivity index (χ1) is 6.38. The number of ether oxygens (including phenoxy) is 1. The number of rotatable bonds is 4. The molecular weight excluding hydrogens is 162 g/mol. The molecule has 0 aliphatic rings. The zero-order valence-corrected chi connectivity index (χ0v) is 8.16. The molecular formula is C11H15NO. The van der Waals surface area contributed by atoms with Gasteiger partial charge in [0.2, 0.25) is 5.88 Å². The predicted molar refractivity (Wildman–Crippen MR) is 54.7 cm³/mol. The Morgan fingerprint density at radius 2 is 2.38 bits per heavy atom. The number of aromatic nitrogens is 1. The Balaban J connectivity index is 2.74. The average Bonchev–Trinajstić information content (AvgIpc) is 2.19. The van der Waals surface area contributed by atoms with Crippen LogP contribution < -0.4 is 4.74 Å². The Morgan fingerprint density at radius 1 is 1.54 bits per heavy atom. The van der Waals surface area contributed by atoms with Crippen LogP contribution >= 0.6 is 0 Å². The molecule has 13 heavy (non-hydrogen) atoms. The minimum absolute atomic E-state index is 0.690. The summed E-state index contributed by atoms with van der Waals surface area (Å²) in [5.41, 5.74) is 1.04. The van der Waals surface area contributed by atoms with E-state index in [9.17, 15) is 0 Å². The number of methoxy groups -OCH3 is 1. The second kappa shape index (κ2) is 5.36. The highest BCUT2D eigenvalue weighted by molar-refractivity contribution is 5.54. The molecule has 0 unspecified atom stereocenters. The van der Waals surface area contributed by atoms with Crippen LogP contribution in [0.5, 0.6) is 5.88 Å². The van der Waals surface area contributed by atoms with E-state index in [4.69, 9.17) is 4.74 Å². The molecule has 0 bridgehead atoms. The lowest BCUT2D eigenvalue weighted by molar-refractivity contribution is 0.397. The van der Waals surface area contributed by atoms with Gasteiger partial charge in [0.15, 0.2) is 0 Å². The molecule has 0 spiro atoms. The normalized spacial score (nSPS) is 10.6. The lowest BCUT2D eigenvalue weighted by atomic mass is 10.2. The van der Waals surface area contributed by atoms with Crippen molar-refractivity contribution in [3.63, 3.8) is 0 Å². The number of nitrogens with zero attached hydrogens (tertiary/aromatic N) is 1. The van der Waals surface area contributed by atoms with E-state index in [1.165, 1.54) is 6.42 Å². The van der Waals surface area contributed by atoms with Crippen LogP contribution in [0.25, 0.3) is 6.08 Å². The maximum atomic E-state index is 5.11. The molecule has 0 atom stereocenters. The van der Waals surface area contributed by atoms with Crippen LogP contribution in [-0.2, 0) is 0 Å². The summed E-state index contributed by atoms with van der Waals surface area (Å²) in [5, 5.41) is 0. The summed E-state index contributed by atoms with van der Waals surface area (Å²) >= 11 is 0. The molecule has 1 aromatic heterocycles. The van der Waals surface area contributed by atoms with E-state index in [1.54, 1.807) is 13.3 Å². The summed E-state index contributed by atoms with van der Waals surface area (Å²) < 4.78 is 5.11. The van der Waals surface area contributed by atoms with Crippen molar-refractivity contribution in [2.75, 3.05) is 7.11 Å². The summed E-state index contributed by atoms with van der Waals surface area (Å²) in [5.74, 6) is 0.690. The lowest BCUT2D eigenvalue weighted by Crippen LogP contribution is -1.89. The number of hydrogen-bond donors (Lipinski definition) is 0. The number of allylic oxidation sites excluding steroid dienone is 1. The van der Waals surface area contributed by atoms with Gasteiger partial charge < -0.3 is 4.74 Å². The van der Waals surface area contributed by atoms with Crippen molar-refractivity contribution in [1.29, 1.82) is 0 Å². The van der Waals surface area contributed by atoms with E-state index < -0.39 is 0 Å². The van der Waals surface area contributed by atoms with Crippen LogP contribution in [-0.4, -0.2) is 12.1 Å². The molecule has 0 radical (unpaired) electrons. The molecule has 0 saturated carbocycles. The zero-order valence-electron chi connectivity index (χ0n) is 8.16. The van der Waals surface area contributed by atoms with Crippen molar-refractivity contribution in [3.8, 4) is 5.88 Å². The average molecular weight is 177 g/mol. The molecule has 70 valence electrons. The molecule has 0 N–H and O–H groups in total. The highest BCUT2D eigenvalue weighted by Crippen LogP contribution is 2.15. The summed E-state index contributed by atoms with van der Waals surface area (Å²) in [6, 6.07) is 3.91. The zero-order chi connectivity index (χ0) is 9.52. The molecule has 2 nitrogen and oxygen atoms in total. The smallest absolute Gasteiger partial charge is 0.220 e. The third kappa shape index (κ3) is 2.90. The van der Waals surface area contributed by atoms with E-state index in [0.29, 0.717) is 5.88 Å². The van der Waals surface area contributed by atoms with Crippen LogP contribution in [0.15, 0.2) is 24.4 Å². The van der Waals surface area contributed by atoms with Gasteiger partial charge in [0.1, 0.15) is 0 Å². The van der Waals surface area contributed by atoms with Crippen molar-refractivity contribution in [3.05, 3.63) is 30.0 Å². The Morgan fingerprint density at radius 3 is 3.08 bits per heavy atom. The number of pyridine rings is 1. The fourth-order valence-electron chi connectivity index (χ4n) is 1.08.